The van der Waals surface area contributed by atoms with Crippen LogP contribution in [0.25, 0.3) is 0 Å². The molecule has 37 heavy (non-hydrogen) atoms. The summed E-state index contributed by atoms with van der Waals surface area (Å²) >= 11 is 0. The molecule has 0 aromatic heterocycles. The van der Waals surface area contributed by atoms with Crippen molar-refractivity contribution in [3.63, 3.8) is 0 Å². The van der Waals surface area contributed by atoms with Gasteiger partial charge < -0.3 is 23.7 Å². The first kappa shape index (κ1) is 25.9. The second-order valence-electron chi connectivity index (χ2n) is 11.2. The van der Waals surface area contributed by atoms with E-state index >= 15 is 0 Å². The number of Topliss-reactive ketones (excluding diaryl/α,β-unsaturated/α-hetero) is 1. The van der Waals surface area contributed by atoms with Crippen LogP contribution in [0.2, 0.25) is 0 Å². The molecule has 8 nitrogen and oxygen atoms in total. The van der Waals surface area contributed by atoms with Crippen LogP contribution in [0.5, 0.6) is 0 Å². The Kier molecular flexibility index (Phi) is 6.69. The van der Waals surface area contributed by atoms with Gasteiger partial charge in [-0.2, -0.15) is 0 Å². The van der Waals surface area contributed by atoms with Crippen molar-refractivity contribution in [2.24, 2.45) is 10.8 Å². The second kappa shape index (κ2) is 9.55. The molecule has 0 aromatic carbocycles. The summed E-state index contributed by atoms with van der Waals surface area (Å²) in [4.78, 5) is 37.8. The molecular weight excluding hydrogens is 476 g/mol. The predicted octanol–water partition coefficient (Wildman–Crippen LogP) is 3.90. The number of carbonyl (C=O) groups excluding carboxylic acids is 3. The van der Waals surface area contributed by atoms with Crippen LogP contribution in [-0.4, -0.2) is 61.5 Å². The molecule has 2 spiro atoms. The van der Waals surface area contributed by atoms with Crippen LogP contribution in [0.1, 0.15) is 59.8 Å². The zero-order chi connectivity index (χ0) is 26.4. The summed E-state index contributed by atoms with van der Waals surface area (Å²) in [5.74, 6) is -0.835. The normalized spacial score (nSPS) is 40.1. The molecule has 2 bridgehead atoms. The molecule has 5 rings (SSSR count). The van der Waals surface area contributed by atoms with Crippen LogP contribution in [0.4, 0.5) is 0 Å². The minimum Gasteiger partial charge on any atom is -0.490 e. The Balaban J connectivity index is 1.51. The molecule has 0 N–H and O–H groups in total. The predicted molar refractivity (Wildman–Crippen MR) is 133 cm³/mol. The standard InChI is InChI=1S/C29H36O8/c1-18-9-11-28-16-34-26(32)14-19(2)10-12-33-21(20(3)30)7-5-6-8-25(31)37-22-15-24(36-23(28)13-18)29(17-35-29)27(22,28)4/h5-7,13-14,22-24H,8-12,15-17H2,1-4H3/t22-,23-,24-,27-,28-,29-/m1/s1. The lowest BCUT2D eigenvalue weighted by molar-refractivity contribution is -0.232. The van der Waals surface area contributed by atoms with Crippen LogP contribution in [0.15, 0.2) is 47.3 Å². The fraction of sp³-hybridized carbons (Fsp3) is 0.621. The third-order valence-corrected chi connectivity index (χ3v) is 9.10. The van der Waals surface area contributed by atoms with Crippen LogP contribution in [-0.2, 0) is 38.1 Å². The quantitative estimate of drug-likeness (QED) is 0.296. The molecular formula is C29H36O8. The SMILES string of the molecule is CC(=O)C1=CC=CCC(=O)O[C@@H]2C[C@H]3O[C@@H]4C=C(C)CC[C@]4(COC(=O)C=C(C)CCO1)[C@]2(C)[C@@]31CO1. The van der Waals surface area contributed by atoms with E-state index in [0.29, 0.717) is 19.4 Å². The number of hydrogen-bond acceptors (Lipinski definition) is 8. The molecule has 0 radical (unpaired) electrons. The van der Waals surface area contributed by atoms with E-state index < -0.39 is 28.5 Å². The first-order chi connectivity index (χ1) is 17.6. The van der Waals surface area contributed by atoms with E-state index in [-0.39, 0.29) is 49.4 Å². The molecule has 3 fully saturated rings. The van der Waals surface area contributed by atoms with Gasteiger partial charge in [-0.15, -0.1) is 0 Å². The van der Waals surface area contributed by atoms with Gasteiger partial charge in [-0.3, -0.25) is 9.59 Å². The summed E-state index contributed by atoms with van der Waals surface area (Å²) in [6, 6.07) is 0. The molecule has 3 aliphatic heterocycles. The average Bonchev–Trinajstić information content (AvgIpc) is 3.61. The van der Waals surface area contributed by atoms with Gasteiger partial charge in [-0.1, -0.05) is 36.3 Å². The van der Waals surface area contributed by atoms with Gasteiger partial charge in [0, 0.05) is 31.3 Å². The van der Waals surface area contributed by atoms with Crippen molar-refractivity contribution in [1.29, 1.82) is 0 Å². The maximum absolute atomic E-state index is 13.0. The van der Waals surface area contributed by atoms with E-state index in [4.69, 9.17) is 23.7 Å². The third kappa shape index (κ3) is 4.28. The van der Waals surface area contributed by atoms with Crippen molar-refractivity contribution in [1.82, 2.24) is 0 Å². The maximum atomic E-state index is 13.0. The van der Waals surface area contributed by atoms with Gasteiger partial charge in [-0.25, -0.2) is 4.79 Å². The van der Waals surface area contributed by atoms with Crippen LogP contribution < -0.4 is 0 Å². The van der Waals surface area contributed by atoms with E-state index in [1.54, 1.807) is 18.2 Å². The smallest absolute Gasteiger partial charge is 0.330 e. The Bertz CT molecular complexity index is 1110. The number of ketones is 1. The third-order valence-electron chi connectivity index (χ3n) is 9.10. The number of esters is 2. The fourth-order valence-corrected chi connectivity index (χ4v) is 6.76. The second-order valence-corrected chi connectivity index (χ2v) is 11.2. The highest BCUT2D eigenvalue weighted by Crippen LogP contribution is 2.72. The summed E-state index contributed by atoms with van der Waals surface area (Å²) in [6.45, 7) is 8.39. The lowest BCUT2D eigenvalue weighted by Crippen LogP contribution is -2.66. The number of rotatable bonds is 1. The highest BCUT2D eigenvalue weighted by atomic mass is 16.6. The molecule has 3 heterocycles. The van der Waals surface area contributed by atoms with Gasteiger partial charge >= 0.3 is 11.9 Å². The molecule has 1 saturated carbocycles. The van der Waals surface area contributed by atoms with Crippen LogP contribution in [0, 0.1) is 10.8 Å². The van der Waals surface area contributed by atoms with Crippen LogP contribution in [0.3, 0.4) is 0 Å². The molecule has 5 aliphatic rings. The zero-order valence-electron chi connectivity index (χ0n) is 22.0. The van der Waals surface area contributed by atoms with Crippen molar-refractivity contribution in [3.8, 4) is 0 Å². The minimum atomic E-state index is -0.595. The average molecular weight is 513 g/mol. The first-order valence-electron chi connectivity index (χ1n) is 13.1. The molecule has 0 aromatic rings. The van der Waals surface area contributed by atoms with E-state index in [9.17, 15) is 14.4 Å². The monoisotopic (exact) mass is 512 g/mol. The number of epoxide rings is 1. The van der Waals surface area contributed by atoms with Crippen molar-refractivity contribution in [2.45, 2.75) is 83.7 Å². The summed E-state index contributed by atoms with van der Waals surface area (Å²) in [5.41, 5.74) is 0.286. The summed E-state index contributed by atoms with van der Waals surface area (Å²) in [6.07, 6.45) is 10.2. The van der Waals surface area contributed by atoms with E-state index in [0.717, 1.165) is 18.4 Å². The van der Waals surface area contributed by atoms with Crippen LogP contribution >= 0.6 is 0 Å². The fourth-order valence-electron chi connectivity index (χ4n) is 6.76. The highest BCUT2D eigenvalue weighted by molar-refractivity contribution is 5.91. The Morgan fingerprint density at radius 3 is 2.57 bits per heavy atom. The number of ether oxygens (including phenoxy) is 5. The Hall–Kier alpha value is -2.71. The first-order valence-corrected chi connectivity index (χ1v) is 13.1. The lowest BCUT2D eigenvalue weighted by Gasteiger charge is -2.58. The molecule has 6 atom stereocenters. The molecule has 2 aliphatic carbocycles. The van der Waals surface area contributed by atoms with E-state index in [1.807, 2.05) is 6.92 Å². The Morgan fingerprint density at radius 1 is 1.05 bits per heavy atom. The maximum Gasteiger partial charge on any atom is 0.330 e. The number of cyclic esters (lactones) is 1. The molecule has 2 saturated heterocycles. The molecule has 200 valence electrons. The number of hydrogen-bond donors (Lipinski definition) is 0. The summed E-state index contributed by atoms with van der Waals surface area (Å²) < 4.78 is 30.4. The number of carbonyl (C=O) groups is 3. The van der Waals surface area contributed by atoms with Crippen molar-refractivity contribution in [2.75, 3.05) is 19.8 Å². The minimum absolute atomic E-state index is 0.0555. The largest absolute Gasteiger partial charge is 0.490 e. The molecule has 8 heteroatoms. The number of allylic oxidation sites excluding steroid dienone is 4. The topological polar surface area (TPSA) is 101 Å². The van der Waals surface area contributed by atoms with Crippen molar-refractivity contribution >= 4 is 17.7 Å². The van der Waals surface area contributed by atoms with E-state index in [1.165, 1.54) is 18.6 Å². The van der Waals surface area contributed by atoms with Gasteiger partial charge in [0.05, 0.1) is 37.3 Å². The Morgan fingerprint density at radius 2 is 1.84 bits per heavy atom. The molecule has 0 amide bonds. The van der Waals surface area contributed by atoms with Gasteiger partial charge in [0.25, 0.3) is 0 Å². The van der Waals surface area contributed by atoms with Crippen molar-refractivity contribution < 1.29 is 38.1 Å². The van der Waals surface area contributed by atoms with Gasteiger partial charge in [-0.05, 0) is 32.8 Å². The van der Waals surface area contributed by atoms with E-state index in [2.05, 4.69) is 19.9 Å². The Labute approximate surface area is 217 Å². The van der Waals surface area contributed by atoms with Gasteiger partial charge in [0.2, 0.25) is 0 Å². The molecule has 0 unspecified atom stereocenters. The highest BCUT2D eigenvalue weighted by Gasteiger charge is 2.83. The van der Waals surface area contributed by atoms with Crippen molar-refractivity contribution in [3.05, 3.63) is 47.3 Å². The lowest BCUT2D eigenvalue weighted by atomic mass is 9.51. The van der Waals surface area contributed by atoms with Gasteiger partial charge in [0.15, 0.2) is 11.5 Å². The summed E-state index contributed by atoms with van der Waals surface area (Å²) in [7, 11) is 0. The zero-order valence-corrected chi connectivity index (χ0v) is 22.0. The summed E-state index contributed by atoms with van der Waals surface area (Å²) in [5, 5.41) is 0. The van der Waals surface area contributed by atoms with Gasteiger partial charge in [0.1, 0.15) is 18.3 Å².